The van der Waals surface area contributed by atoms with Crippen LogP contribution in [0.3, 0.4) is 0 Å². The van der Waals surface area contributed by atoms with Gasteiger partial charge in [0.15, 0.2) is 6.29 Å². The van der Waals surface area contributed by atoms with Crippen molar-refractivity contribution in [1.82, 2.24) is 0 Å². The van der Waals surface area contributed by atoms with Gasteiger partial charge in [0.2, 0.25) is 0 Å². The van der Waals surface area contributed by atoms with Gasteiger partial charge >= 0.3 is 0 Å². The fourth-order valence-corrected chi connectivity index (χ4v) is 5.13. The number of benzene rings is 1. The standard InChI is InChI=1S/C19H22F3IO2/c20-16-3-1-2-13-8-15(19(21,22)17(13)16)11-4-6-12(7-5-11)18-24-9-14(23)10-25-18/h1-3,11-12,14-15,18H,4-10H2. The Labute approximate surface area is 159 Å². The summed E-state index contributed by atoms with van der Waals surface area (Å²) in [5.41, 5.74) is 0.110. The maximum Gasteiger partial charge on any atom is 0.279 e. The summed E-state index contributed by atoms with van der Waals surface area (Å²) >= 11 is 2.31. The van der Waals surface area contributed by atoms with E-state index in [1.165, 1.54) is 6.07 Å². The van der Waals surface area contributed by atoms with Gasteiger partial charge < -0.3 is 9.47 Å². The molecule has 1 saturated carbocycles. The molecule has 0 radical (unpaired) electrons. The molecule has 0 spiro atoms. The average Bonchev–Trinajstić information content (AvgIpc) is 2.88. The topological polar surface area (TPSA) is 18.5 Å². The van der Waals surface area contributed by atoms with Crippen molar-refractivity contribution in [3.63, 3.8) is 0 Å². The Morgan fingerprint density at radius 1 is 1.00 bits per heavy atom. The molecule has 0 bridgehead atoms. The van der Waals surface area contributed by atoms with Gasteiger partial charge in [-0.25, -0.2) is 13.2 Å². The van der Waals surface area contributed by atoms with Crippen molar-refractivity contribution in [2.24, 2.45) is 17.8 Å². The summed E-state index contributed by atoms with van der Waals surface area (Å²) in [5.74, 6) is -4.40. The van der Waals surface area contributed by atoms with Crippen molar-refractivity contribution in [2.75, 3.05) is 13.2 Å². The first-order valence-corrected chi connectivity index (χ1v) is 10.2. The van der Waals surface area contributed by atoms with Crippen LogP contribution in [-0.2, 0) is 21.8 Å². The average molecular weight is 466 g/mol. The summed E-state index contributed by atoms with van der Waals surface area (Å²) < 4.78 is 55.6. The highest BCUT2D eigenvalue weighted by Crippen LogP contribution is 2.53. The summed E-state index contributed by atoms with van der Waals surface area (Å²) in [6.07, 6.45) is 3.24. The molecule has 1 saturated heterocycles. The van der Waals surface area contributed by atoms with E-state index < -0.39 is 17.7 Å². The van der Waals surface area contributed by atoms with Crippen LogP contribution in [0, 0.1) is 23.6 Å². The SMILES string of the molecule is Fc1cccc2c1C(F)(F)C(C1CCC(C3OCC(I)CO3)CC1)C2. The first kappa shape index (κ1) is 18.0. The van der Waals surface area contributed by atoms with E-state index in [4.69, 9.17) is 9.47 Å². The Kier molecular flexibility index (Phi) is 5.05. The number of rotatable bonds is 2. The van der Waals surface area contributed by atoms with Crippen LogP contribution in [0.5, 0.6) is 0 Å². The number of halogens is 4. The molecule has 1 aromatic rings. The van der Waals surface area contributed by atoms with Gasteiger partial charge in [-0.3, -0.25) is 0 Å². The predicted octanol–water partition coefficient (Wildman–Crippen LogP) is 5.07. The molecule has 6 heteroatoms. The van der Waals surface area contributed by atoms with Crippen LogP contribution in [0.4, 0.5) is 13.2 Å². The lowest BCUT2D eigenvalue weighted by atomic mass is 9.73. The molecule has 2 aliphatic carbocycles. The lowest BCUT2D eigenvalue weighted by Crippen LogP contribution is -2.40. The second-order valence-electron chi connectivity index (χ2n) is 7.51. The highest BCUT2D eigenvalue weighted by atomic mass is 127. The Morgan fingerprint density at radius 2 is 1.64 bits per heavy atom. The largest absolute Gasteiger partial charge is 0.351 e. The van der Waals surface area contributed by atoms with E-state index in [9.17, 15) is 13.2 Å². The molecular formula is C19H22F3IO2. The number of fused-ring (bicyclic) bond motifs is 1. The Hall–Kier alpha value is -0.340. The molecule has 1 unspecified atom stereocenters. The van der Waals surface area contributed by atoms with Gasteiger partial charge in [0.05, 0.1) is 22.7 Å². The highest BCUT2D eigenvalue weighted by molar-refractivity contribution is 14.1. The minimum atomic E-state index is -3.07. The van der Waals surface area contributed by atoms with Gasteiger partial charge in [0, 0.05) is 11.8 Å². The van der Waals surface area contributed by atoms with Gasteiger partial charge in [0.1, 0.15) is 5.82 Å². The van der Waals surface area contributed by atoms with Crippen LogP contribution in [0.2, 0.25) is 0 Å². The predicted molar refractivity (Wildman–Crippen MR) is 96.4 cm³/mol. The zero-order valence-corrected chi connectivity index (χ0v) is 16.1. The molecular weight excluding hydrogens is 444 g/mol. The lowest BCUT2D eigenvalue weighted by molar-refractivity contribution is -0.207. The third-order valence-corrected chi connectivity index (χ3v) is 6.71. The van der Waals surface area contributed by atoms with Crippen LogP contribution in [-0.4, -0.2) is 23.4 Å². The van der Waals surface area contributed by atoms with Crippen LogP contribution < -0.4 is 0 Å². The van der Waals surface area contributed by atoms with E-state index in [2.05, 4.69) is 22.6 Å². The molecule has 4 rings (SSSR count). The molecule has 1 aliphatic heterocycles. The number of ether oxygens (including phenoxy) is 2. The molecule has 1 heterocycles. The van der Waals surface area contributed by atoms with Crippen molar-refractivity contribution >= 4 is 22.6 Å². The van der Waals surface area contributed by atoms with Gasteiger partial charge in [-0.05, 0) is 49.7 Å². The third kappa shape index (κ3) is 3.34. The van der Waals surface area contributed by atoms with Gasteiger partial charge in [-0.15, -0.1) is 0 Å². The Bertz CT molecular complexity index is 623. The summed E-state index contributed by atoms with van der Waals surface area (Å²) in [5, 5.41) is 0. The number of alkyl halides is 3. The van der Waals surface area contributed by atoms with Crippen molar-refractivity contribution < 1.29 is 22.6 Å². The number of hydrogen-bond acceptors (Lipinski definition) is 2. The molecule has 1 atom stereocenters. The van der Waals surface area contributed by atoms with Crippen molar-refractivity contribution in [1.29, 1.82) is 0 Å². The Morgan fingerprint density at radius 3 is 2.28 bits per heavy atom. The van der Waals surface area contributed by atoms with Crippen molar-refractivity contribution in [3.8, 4) is 0 Å². The third-order valence-electron chi connectivity index (χ3n) is 5.99. The van der Waals surface area contributed by atoms with Gasteiger partial charge in [-0.2, -0.15) is 0 Å². The molecule has 0 aromatic heterocycles. The molecule has 138 valence electrons. The van der Waals surface area contributed by atoms with E-state index in [-0.39, 0.29) is 30.1 Å². The molecule has 0 N–H and O–H groups in total. The maximum absolute atomic E-state index is 14.9. The number of hydrogen-bond donors (Lipinski definition) is 0. The first-order valence-electron chi connectivity index (χ1n) is 8.99. The smallest absolute Gasteiger partial charge is 0.279 e. The van der Waals surface area contributed by atoms with Crippen LogP contribution >= 0.6 is 22.6 Å². The Balaban J connectivity index is 1.41. The molecule has 0 amide bonds. The summed E-state index contributed by atoms with van der Waals surface area (Å²) in [6, 6.07) is 4.31. The normalized spacial score (nSPS) is 37.7. The van der Waals surface area contributed by atoms with E-state index in [0.717, 1.165) is 31.7 Å². The molecule has 3 aliphatic rings. The summed E-state index contributed by atoms with van der Waals surface area (Å²) in [4.78, 5) is 0. The van der Waals surface area contributed by atoms with E-state index >= 15 is 0 Å². The zero-order chi connectivity index (χ0) is 17.6. The van der Waals surface area contributed by atoms with Gasteiger partial charge in [0.25, 0.3) is 5.92 Å². The van der Waals surface area contributed by atoms with Gasteiger partial charge in [-0.1, -0.05) is 34.7 Å². The fourth-order valence-electron chi connectivity index (χ4n) is 4.71. The van der Waals surface area contributed by atoms with Crippen LogP contribution in [0.15, 0.2) is 18.2 Å². The molecule has 2 nitrogen and oxygen atoms in total. The second kappa shape index (κ2) is 7.00. The van der Waals surface area contributed by atoms with E-state index in [1.54, 1.807) is 6.07 Å². The van der Waals surface area contributed by atoms with Crippen molar-refractivity contribution in [2.45, 2.75) is 48.2 Å². The van der Waals surface area contributed by atoms with Crippen LogP contribution in [0.25, 0.3) is 0 Å². The monoisotopic (exact) mass is 466 g/mol. The molecule has 25 heavy (non-hydrogen) atoms. The van der Waals surface area contributed by atoms with E-state index in [1.807, 2.05) is 0 Å². The lowest BCUT2D eigenvalue weighted by Gasteiger charge is -2.39. The summed E-state index contributed by atoms with van der Waals surface area (Å²) in [7, 11) is 0. The first-order chi connectivity index (χ1) is 12.0. The molecule has 1 aromatic carbocycles. The highest BCUT2D eigenvalue weighted by Gasteiger charge is 2.53. The minimum Gasteiger partial charge on any atom is -0.351 e. The van der Waals surface area contributed by atoms with Crippen molar-refractivity contribution in [3.05, 3.63) is 35.1 Å². The zero-order valence-electron chi connectivity index (χ0n) is 13.9. The van der Waals surface area contributed by atoms with Crippen LogP contribution in [0.1, 0.15) is 36.8 Å². The van der Waals surface area contributed by atoms with E-state index in [0.29, 0.717) is 22.7 Å². The molecule has 2 fully saturated rings. The quantitative estimate of drug-likeness (QED) is 0.448. The fraction of sp³-hybridized carbons (Fsp3) is 0.684. The maximum atomic E-state index is 14.9. The summed E-state index contributed by atoms with van der Waals surface area (Å²) in [6.45, 7) is 1.39. The minimum absolute atomic E-state index is 0.0704. The second-order valence-corrected chi connectivity index (χ2v) is 9.28.